The van der Waals surface area contributed by atoms with Crippen LogP contribution in [0.3, 0.4) is 0 Å². The van der Waals surface area contributed by atoms with Crippen LogP contribution < -0.4 is 4.74 Å². The summed E-state index contributed by atoms with van der Waals surface area (Å²) in [6.45, 7) is 5.25. The smallest absolute Gasteiger partial charge is 0.244 e. The summed E-state index contributed by atoms with van der Waals surface area (Å²) in [5.74, 6) is 1.88. The zero-order valence-corrected chi connectivity index (χ0v) is 17.6. The van der Waals surface area contributed by atoms with E-state index in [1.54, 1.807) is 20.2 Å². The zero-order valence-electron chi connectivity index (χ0n) is 17.6. The monoisotopic (exact) mass is 415 g/mol. The summed E-state index contributed by atoms with van der Waals surface area (Å²) in [4.78, 5) is 24.9. The third kappa shape index (κ3) is 4.62. The minimum absolute atomic E-state index is 0.138. The molecule has 0 saturated carbocycles. The van der Waals surface area contributed by atoms with E-state index in [0.717, 1.165) is 50.9 Å². The minimum Gasteiger partial charge on any atom is -0.475 e. The Labute approximate surface area is 176 Å². The standard InChI is InChI=1S/C21H29N5O4/c1-15(27)25-10-6-17(7-11-25)26-9-3-4-18(26)21-23-20(24-30-21)16-5-8-22-19(14-16)29-13-12-28-2/h5,8,14,17-18H,3-4,6-7,9-13H2,1-2H3/t18-/m0/s1. The Kier molecular flexibility index (Phi) is 6.59. The van der Waals surface area contributed by atoms with Gasteiger partial charge in [-0.1, -0.05) is 5.16 Å². The number of methoxy groups -OCH3 is 1. The average molecular weight is 415 g/mol. The second kappa shape index (κ2) is 9.53. The molecule has 2 fully saturated rings. The van der Waals surface area contributed by atoms with Crippen LogP contribution in [0.1, 0.15) is 44.5 Å². The Bertz CT molecular complexity index is 849. The molecule has 2 aromatic rings. The average Bonchev–Trinajstić information content (AvgIpc) is 3.44. The molecule has 1 amide bonds. The number of carbonyl (C=O) groups excluding carboxylic acids is 1. The van der Waals surface area contributed by atoms with Gasteiger partial charge in [-0.3, -0.25) is 9.69 Å². The summed E-state index contributed by atoms with van der Waals surface area (Å²) < 4.78 is 16.3. The molecular formula is C21H29N5O4. The van der Waals surface area contributed by atoms with Crippen molar-refractivity contribution >= 4 is 5.91 Å². The van der Waals surface area contributed by atoms with Crippen LogP contribution in [0.2, 0.25) is 0 Å². The highest BCUT2D eigenvalue weighted by atomic mass is 16.5. The summed E-state index contributed by atoms with van der Waals surface area (Å²) >= 11 is 0. The van der Waals surface area contributed by atoms with Crippen LogP contribution in [0.25, 0.3) is 11.4 Å². The highest BCUT2D eigenvalue weighted by molar-refractivity contribution is 5.73. The molecule has 2 saturated heterocycles. The van der Waals surface area contributed by atoms with Crippen molar-refractivity contribution in [2.45, 2.75) is 44.7 Å². The van der Waals surface area contributed by atoms with Crippen LogP contribution in [0.4, 0.5) is 0 Å². The van der Waals surface area contributed by atoms with Gasteiger partial charge in [0.2, 0.25) is 23.5 Å². The first-order valence-electron chi connectivity index (χ1n) is 10.6. The SMILES string of the molecule is COCCOc1cc(-c2noc([C@@H]3CCCN3C3CCN(C(C)=O)CC3)n2)ccn1. The van der Waals surface area contributed by atoms with Gasteiger partial charge in [0, 0.05) is 51.0 Å². The Hall–Kier alpha value is -2.52. The number of nitrogens with zero attached hydrogens (tertiary/aromatic N) is 5. The maximum Gasteiger partial charge on any atom is 0.244 e. The maximum atomic E-state index is 11.6. The molecule has 0 bridgehead atoms. The molecule has 30 heavy (non-hydrogen) atoms. The fraction of sp³-hybridized carbons (Fsp3) is 0.619. The van der Waals surface area contributed by atoms with Crippen LogP contribution in [-0.2, 0) is 9.53 Å². The van der Waals surface area contributed by atoms with Gasteiger partial charge in [0.05, 0.1) is 12.6 Å². The number of likely N-dealkylation sites (tertiary alicyclic amines) is 2. The summed E-state index contributed by atoms with van der Waals surface area (Å²) in [6.07, 6.45) is 5.78. The predicted molar refractivity (Wildman–Crippen MR) is 109 cm³/mol. The van der Waals surface area contributed by atoms with Gasteiger partial charge >= 0.3 is 0 Å². The van der Waals surface area contributed by atoms with E-state index in [0.29, 0.717) is 36.9 Å². The second-order valence-electron chi connectivity index (χ2n) is 7.81. The Balaban J connectivity index is 1.43. The zero-order chi connectivity index (χ0) is 20.9. The first kappa shape index (κ1) is 20.7. The molecule has 162 valence electrons. The van der Waals surface area contributed by atoms with Crippen molar-refractivity contribution < 1.29 is 18.8 Å². The molecule has 4 rings (SSSR count). The first-order chi connectivity index (χ1) is 14.7. The van der Waals surface area contributed by atoms with Crippen LogP contribution in [0.15, 0.2) is 22.9 Å². The number of hydrogen-bond donors (Lipinski definition) is 0. The van der Waals surface area contributed by atoms with Gasteiger partial charge in [0.25, 0.3) is 0 Å². The normalized spacial score (nSPS) is 20.6. The van der Waals surface area contributed by atoms with E-state index in [2.05, 4.69) is 15.0 Å². The lowest BCUT2D eigenvalue weighted by molar-refractivity contribution is -0.130. The Morgan fingerprint density at radius 3 is 2.83 bits per heavy atom. The van der Waals surface area contributed by atoms with Gasteiger partial charge in [0.15, 0.2) is 0 Å². The molecule has 0 unspecified atom stereocenters. The van der Waals surface area contributed by atoms with Crippen LogP contribution in [0.5, 0.6) is 5.88 Å². The van der Waals surface area contributed by atoms with Crippen molar-refractivity contribution in [3.63, 3.8) is 0 Å². The highest BCUT2D eigenvalue weighted by Gasteiger charge is 2.37. The number of hydrogen-bond acceptors (Lipinski definition) is 8. The summed E-state index contributed by atoms with van der Waals surface area (Å²) in [6, 6.07) is 4.25. The molecule has 0 spiro atoms. The molecule has 2 aliphatic heterocycles. The third-order valence-electron chi connectivity index (χ3n) is 5.93. The minimum atomic E-state index is 0.138. The molecule has 1 atom stereocenters. The molecule has 9 heteroatoms. The maximum absolute atomic E-state index is 11.6. The van der Waals surface area contributed by atoms with E-state index >= 15 is 0 Å². The van der Waals surface area contributed by atoms with E-state index in [1.165, 1.54) is 0 Å². The van der Waals surface area contributed by atoms with Crippen molar-refractivity contribution in [1.82, 2.24) is 24.9 Å². The van der Waals surface area contributed by atoms with Crippen molar-refractivity contribution in [2.75, 3.05) is 40.0 Å². The number of amides is 1. The van der Waals surface area contributed by atoms with Crippen LogP contribution in [-0.4, -0.2) is 76.8 Å². The Morgan fingerprint density at radius 1 is 1.23 bits per heavy atom. The molecule has 2 aliphatic rings. The summed E-state index contributed by atoms with van der Waals surface area (Å²) in [5.41, 5.74) is 0.812. The van der Waals surface area contributed by atoms with Crippen LogP contribution in [0, 0.1) is 0 Å². The summed E-state index contributed by atoms with van der Waals surface area (Å²) in [7, 11) is 1.63. The fourth-order valence-electron chi connectivity index (χ4n) is 4.35. The van der Waals surface area contributed by atoms with E-state index in [1.807, 2.05) is 17.0 Å². The molecule has 0 aliphatic carbocycles. The van der Waals surface area contributed by atoms with Gasteiger partial charge in [-0.2, -0.15) is 4.98 Å². The lowest BCUT2D eigenvalue weighted by Crippen LogP contribution is -2.46. The number of piperidine rings is 1. The number of rotatable bonds is 7. The van der Waals surface area contributed by atoms with Crippen molar-refractivity contribution in [3.05, 3.63) is 24.2 Å². The fourth-order valence-corrected chi connectivity index (χ4v) is 4.35. The van der Waals surface area contributed by atoms with Crippen molar-refractivity contribution in [1.29, 1.82) is 0 Å². The third-order valence-corrected chi connectivity index (χ3v) is 5.93. The second-order valence-corrected chi connectivity index (χ2v) is 7.81. The molecule has 0 aromatic carbocycles. The van der Waals surface area contributed by atoms with Gasteiger partial charge in [-0.25, -0.2) is 4.98 Å². The van der Waals surface area contributed by atoms with Gasteiger partial charge in [0.1, 0.15) is 6.61 Å². The molecule has 9 nitrogen and oxygen atoms in total. The molecule has 0 N–H and O–H groups in total. The molecule has 2 aromatic heterocycles. The van der Waals surface area contributed by atoms with Gasteiger partial charge in [-0.05, 0) is 38.3 Å². The summed E-state index contributed by atoms with van der Waals surface area (Å²) in [5, 5.41) is 4.21. The van der Waals surface area contributed by atoms with E-state index in [9.17, 15) is 4.79 Å². The first-order valence-corrected chi connectivity index (χ1v) is 10.6. The largest absolute Gasteiger partial charge is 0.475 e. The van der Waals surface area contributed by atoms with E-state index in [4.69, 9.17) is 19.0 Å². The number of ether oxygens (including phenoxy) is 2. The number of carbonyl (C=O) groups is 1. The number of pyridine rings is 1. The van der Waals surface area contributed by atoms with Gasteiger partial charge in [-0.15, -0.1) is 0 Å². The molecular weight excluding hydrogens is 386 g/mol. The quantitative estimate of drug-likeness (QED) is 0.636. The Morgan fingerprint density at radius 2 is 2.07 bits per heavy atom. The lowest BCUT2D eigenvalue weighted by Gasteiger charge is -2.38. The highest BCUT2D eigenvalue weighted by Crippen LogP contribution is 2.36. The molecule has 0 radical (unpaired) electrons. The van der Waals surface area contributed by atoms with E-state index in [-0.39, 0.29) is 11.9 Å². The van der Waals surface area contributed by atoms with Crippen molar-refractivity contribution in [2.24, 2.45) is 0 Å². The number of aromatic nitrogens is 3. The van der Waals surface area contributed by atoms with E-state index < -0.39 is 0 Å². The topological polar surface area (TPSA) is 93.8 Å². The van der Waals surface area contributed by atoms with Crippen LogP contribution >= 0.6 is 0 Å². The lowest BCUT2D eigenvalue weighted by atomic mass is 10.0. The predicted octanol–water partition coefficient (Wildman–Crippen LogP) is 2.30. The van der Waals surface area contributed by atoms with Gasteiger partial charge < -0.3 is 18.9 Å². The van der Waals surface area contributed by atoms with Crippen molar-refractivity contribution in [3.8, 4) is 17.3 Å². The molecule has 4 heterocycles.